The van der Waals surface area contributed by atoms with E-state index in [-0.39, 0.29) is 5.20 Å². The Bertz CT molecular complexity index is 139. The predicted molar refractivity (Wildman–Crippen MR) is 33.3 cm³/mol. The van der Waals surface area contributed by atoms with Crippen molar-refractivity contribution in [1.82, 2.24) is 0 Å². The van der Waals surface area contributed by atoms with Crippen molar-refractivity contribution in [2.24, 2.45) is 0 Å². The molecule has 0 heterocycles. The van der Waals surface area contributed by atoms with Gasteiger partial charge in [0.05, 0.1) is 6.07 Å². The molecule has 0 bridgehead atoms. The van der Waals surface area contributed by atoms with E-state index in [9.17, 15) is 4.11 Å². The zero-order valence-corrected chi connectivity index (χ0v) is 6.03. The zero-order valence-electron chi connectivity index (χ0n) is 5.03. The molecule has 0 aromatic heterocycles. The van der Waals surface area contributed by atoms with Crippen LogP contribution in [0.4, 0.5) is 4.11 Å². The Hall–Kier alpha value is -0.623. The molecule has 3 heteroatoms. The first kappa shape index (κ1) is 7.38. The van der Waals surface area contributed by atoms with E-state index in [2.05, 4.69) is 6.58 Å². The van der Waals surface area contributed by atoms with Gasteiger partial charge in [0.2, 0.25) is 0 Å². The maximum atomic E-state index is 12.6. The lowest BCUT2D eigenvalue weighted by molar-refractivity contribution is 0.815. The Morgan fingerprint density at radius 2 is 2.12 bits per heavy atom. The first-order valence-corrected chi connectivity index (χ1v) is 5.14. The lowest BCUT2D eigenvalue weighted by Gasteiger charge is -2.04. The van der Waals surface area contributed by atoms with Crippen LogP contribution in [0.3, 0.4) is 0 Å². The van der Waals surface area contributed by atoms with Crippen LogP contribution in [0.25, 0.3) is 0 Å². The second-order valence-electron chi connectivity index (χ2n) is 2.06. The summed E-state index contributed by atoms with van der Waals surface area (Å²) < 4.78 is 12.6. The molecule has 0 atom stereocenters. The molecule has 8 heavy (non-hydrogen) atoms. The first-order chi connectivity index (χ1) is 3.48. The van der Waals surface area contributed by atoms with Crippen molar-refractivity contribution in [3.05, 3.63) is 11.8 Å². The monoisotopic (exact) mass is 129 g/mol. The van der Waals surface area contributed by atoms with Crippen LogP contribution in [-0.4, -0.2) is 8.41 Å². The summed E-state index contributed by atoms with van der Waals surface area (Å²) in [5.74, 6) is 0. The van der Waals surface area contributed by atoms with Crippen molar-refractivity contribution in [2.75, 3.05) is 0 Å². The highest BCUT2D eigenvalue weighted by molar-refractivity contribution is 6.78. The highest BCUT2D eigenvalue weighted by atomic mass is 28.4. The number of hydrogen-bond donors (Lipinski definition) is 0. The summed E-state index contributed by atoms with van der Waals surface area (Å²) in [4.78, 5) is 0. The Morgan fingerprint density at radius 3 is 2.12 bits per heavy atom. The Balaban J connectivity index is 4.09. The lowest BCUT2D eigenvalue weighted by Crippen LogP contribution is -2.20. The lowest BCUT2D eigenvalue weighted by atomic mass is 10.7. The highest BCUT2D eigenvalue weighted by Crippen LogP contribution is 2.11. The fraction of sp³-hybridized carbons (Fsp3) is 0.400. The third kappa shape index (κ3) is 1.89. The minimum atomic E-state index is -2.82. The zero-order chi connectivity index (χ0) is 6.78. The minimum absolute atomic E-state index is 0.109. The molecule has 0 unspecified atom stereocenters. The quantitative estimate of drug-likeness (QED) is 0.301. The van der Waals surface area contributed by atoms with E-state index in [1.807, 2.05) is 0 Å². The summed E-state index contributed by atoms with van der Waals surface area (Å²) in [6.45, 7) is 6.16. The van der Waals surface area contributed by atoms with Gasteiger partial charge in [0.15, 0.2) is 0 Å². The normalized spacial score (nSPS) is 10.2. The molecule has 0 radical (unpaired) electrons. The molecule has 0 aliphatic heterocycles. The van der Waals surface area contributed by atoms with Crippen LogP contribution in [0.1, 0.15) is 0 Å². The van der Waals surface area contributed by atoms with Crippen molar-refractivity contribution >= 4 is 8.41 Å². The van der Waals surface area contributed by atoms with Crippen molar-refractivity contribution < 1.29 is 4.11 Å². The maximum Gasteiger partial charge on any atom is 0.281 e. The highest BCUT2D eigenvalue weighted by Gasteiger charge is 2.24. The van der Waals surface area contributed by atoms with Gasteiger partial charge in [-0.15, -0.1) is 0 Å². The van der Waals surface area contributed by atoms with E-state index in [4.69, 9.17) is 5.26 Å². The predicted octanol–water partition coefficient (Wildman–Crippen LogP) is 1.78. The molecule has 0 aromatic carbocycles. The van der Waals surface area contributed by atoms with Gasteiger partial charge in [-0.1, -0.05) is 6.58 Å². The van der Waals surface area contributed by atoms with Gasteiger partial charge in [-0.2, -0.15) is 5.26 Å². The molecule has 0 saturated carbocycles. The summed E-state index contributed by atoms with van der Waals surface area (Å²) >= 11 is 0. The van der Waals surface area contributed by atoms with Crippen LogP contribution in [0.15, 0.2) is 11.8 Å². The van der Waals surface area contributed by atoms with E-state index < -0.39 is 8.41 Å². The topological polar surface area (TPSA) is 23.8 Å². The van der Waals surface area contributed by atoms with Crippen molar-refractivity contribution in [3.8, 4) is 6.07 Å². The molecular weight excluding hydrogens is 121 g/mol. The smallest absolute Gasteiger partial charge is 0.281 e. The standard InChI is InChI=1S/C5H8FNSi/c1-5(4-7)8(2,3)6/h1H2,2-3H3. The van der Waals surface area contributed by atoms with Crippen molar-refractivity contribution in [1.29, 1.82) is 5.26 Å². The van der Waals surface area contributed by atoms with Gasteiger partial charge < -0.3 is 4.11 Å². The molecule has 0 saturated heterocycles. The summed E-state index contributed by atoms with van der Waals surface area (Å²) in [6, 6.07) is 1.70. The van der Waals surface area contributed by atoms with Gasteiger partial charge in [-0.3, -0.25) is 0 Å². The summed E-state index contributed by atoms with van der Waals surface area (Å²) in [5.41, 5.74) is 0. The van der Waals surface area contributed by atoms with Crippen LogP contribution in [-0.2, 0) is 0 Å². The molecule has 0 aliphatic rings. The van der Waals surface area contributed by atoms with E-state index >= 15 is 0 Å². The van der Waals surface area contributed by atoms with Crippen molar-refractivity contribution in [3.63, 3.8) is 0 Å². The van der Waals surface area contributed by atoms with E-state index in [1.165, 1.54) is 13.1 Å². The maximum absolute atomic E-state index is 12.6. The Kier molecular flexibility index (Phi) is 1.93. The molecule has 0 amide bonds. The minimum Gasteiger partial charge on any atom is -0.308 e. The number of nitriles is 1. The summed E-state index contributed by atoms with van der Waals surface area (Å²) in [7, 11) is -2.82. The largest absolute Gasteiger partial charge is 0.308 e. The van der Waals surface area contributed by atoms with Gasteiger partial charge >= 0.3 is 0 Å². The number of halogens is 1. The number of nitrogens with zero attached hydrogens (tertiary/aromatic N) is 1. The second kappa shape index (κ2) is 2.10. The summed E-state index contributed by atoms with van der Waals surface area (Å²) in [6.07, 6.45) is 0. The first-order valence-electron chi connectivity index (χ1n) is 2.27. The third-order valence-electron chi connectivity index (χ3n) is 0.853. The molecular formula is C5H8FNSi. The molecule has 0 aromatic rings. The van der Waals surface area contributed by atoms with E-state index in [0.29, 0.717) is 0 Å². The average molecular weight is 129 g/mol. The van der Waals surface area contributed by atoms with Crippen molar-refractivity contribution in [2.45, 2.75) is 13.1 Å². The van der Waals surface area contributed by atoms with Gasteiger partial charge in [0.25, 0.3) is 8.41 Å². The van der Waals surface area contributed by atoms with Crippen LogP contribution < -0.4 is 0 Å². The molecule has 0 N–H and O–H groups in total. The van der Waals surface area contributed by atoms with Crippen LogP contribution in [0, 0.1) is 11.3 Å². The molecule has 0 fully saturated rings. The number of rotatable bonds is 1. The average Bonchev–Trinajstić information content (AvgIpc) is 1.62. The number of hydrogen-bond acceptors (Lipinski definition) is 1. The SMILES string of the molecule is C=C(C#N)[Si](C)(C)F. The molecule has 1 nitrogen and oxygen atoms in total. The molecule has 0 spiro atoms. The Labute approximate surface area is 49.6 Å². The Morgan fingerprint density at radius 1 is 1.75 bits per heavy atom. The van der Waals surface area contributed by atoms with Gasteiger partial charge in [0, 0.05) is 5.20 Å². The van der Waals surface area contributed by atoms with E-state index in [1.54, 1.807) is 6.07 Å². The van der Waals surface area contributed by atoms with Gasteiger partial charge in [-0.05, 0) is 13.1 Å². The number of allylic oxidation sites excluding steroid dienone is 1. The van der Waals surface area contributed by atoms with E-state index in [0.717, 1.165) is 0 Å². The third-order valence-corrected chi connectivity index (χ3v) is 2.40. The molecule has 0 aliphatic carbocycles. The van der Waals surface area contributed by atoms with Crippen LogP contribution >= 0.6 is 0 Å². The van der Waals surface area contributed by atoms with Crippen LogP contribution in [0.5, 0.6) is 0 Å². The van der Waals surface area contributed by atoms with Gasteiger partial charge in [-0.25, -0.2) is 0 Å². The fourth-order valence-electron chi connectivity index (χ4n) is 0.133. The summed E-state index contributed by atoms with van der Waals surface area (Å²) in [5, 5.41) is 8.22. The van der Waals surface area contributed by atoms with Gasteiger partial charge in [0.1, 0.15) is 0 Å². The fourth-order valence-corrected chi connectivity index (χ4v) is 0.399. The van der Waals surface area contributed by atoms with Crippen LogP contribution in [0.2, 0.25) is 13.1 Å². The second-order valence-corrected chi connectivity index (χ2v) is 5.61. The molecule has 44 valence electrons. The molecule has 0 rings (SSSR count).